The third-order valence-corrected chi connectivity index (χ3v) is 5.84. The third-order valence-electron chi connectivity index (χ3n) is 5.84. The normalized spacial score (nSPS) is 13.5. The van der Waals surface area contributed by atoms with E-state index < -0.39 is 5.97 Å². The van der Waals surface area contributed by atoms with Gasteiger partial charge >= 0.3 is 5.97 Å². The standard InChI is InChI=1S/C26H32N2O4.BrH/c1-25(2,3)19-11-17(12-20(23(19)32)26(4,5)6)21(29)14-28-13-16-8-7-15(10-22(30)31)9-18(16)24(28)27;/h7-9,11-12,27,32H,10,13-14H2,1-6H3,(H,30,31);1H. The molecule has 6 nitrogen and oxygen atoms in total. The number of carboxylic acids is 1. The monoisotopic (exact) mass is 516 g/mol. The van der Waals surface area contributed by atoms with Crippen LogP contribution in [-0.2, 0) is 28.6 Å². The maximum Gasteiger partial charge on any atom is 0.307 e. The molecule has 0 saturated carbocycles. The Morgan fingerprint density at radius 3 is 2.03 bits per heavy atom. The van der Waals surface area contributed by atoms with Gasteiger partial charge in [-0.2, -0.15) is 0 Å². The highest BCUT2D eigenvalue weighted by Crippen LogP contribution is 2.40. The number of carboxylic acid groups (broad SMARTS) is 1. The highest BCUT2D eigenvalue weighted by molar-refractivity contribution is 8.93. The van der Waals surface area contributed by atoms with Crippen molar-refractivity contribution in [1.29, 1.82) is 5.41 Å². The Morgan fingerprint density at radius 1 is 1.00 bits per heavy atom. The molecule has 0 aromatic heterocycles. The Hall–Kier alpha value is -2.67. The minimum atomic E-state index is -0.918. The van der Waals surface area contributed by atoms with E-state index in [0.717, 1.165) is 16.7 Å². The summed E-state index contributed by atoms with van der Waals surface area (Å²) >= 11 is 0. The molecular weight excluding hydrogens is 484 g/mol. The van der Waals surface area contributed by atoms with Crippen LogP contribution < -0.4 is 0 Å². The van der Waals surface area contributed by atoms with Crippen molar-refractivity contribution in [1.82, 2.24) is 4.90 Å². The number of benzene rings is 2. The lowest BCUT2D eigenvalue weighted by molar-refractivity contribution is -0.136. The molecule has 2 aromatic carbocycles. The molecule has 7 heteroatoms. The van der Waals surface area contributed by atoms with E-state index >= 15 is 0 Å². The predicted molar refractivity (Wildman–Crippen MR) is 135 cm³/mol. The van der Waals surface area contributed by atoms with Crippen molar-refractivity contribution < 1.29 is 19.8 Å². The summed E-state index contributed by atoms with van der Waals surface area (Å²) in [6.45, 7) is 12.5. The van der Waals surface area contributed by atoms with Gasteiger partial charge in [-0.1, -0.05) is 53.7 Å². The van der Waals surface area contributed by atoms with Crippen molar-refractivity contribution in [3.63, 3.8) is 0 Å². The topological polar surface area (TPSA) is 102 Å². The molecule has 0 atom stereocenters. The molecule has 1 heterocycles. The molecule has 3 N–H and O–H groups in total. The van der Waals surface area contributed by atoms with Crippen LogP contribution in [-0.4, -0.2) is 39.2 Å². The van der Waals surface area contributed by atoms with E-state index in [1.165, 1.54) is 0 Å². The van der Waals surface area contributed by atoms with Gasteiger partial charge in [0.1, 0.15) is 11.6 Å². The van der Waals surface area contributed by atoms with Gasteiger partial charge in [-0.3, -0.25) is 15.0 Å². The molecular formula is C26H33BrN2O4. The number of aliphatic carboxylic acids is 1. The number of phenols is 1. The van der Waals surface area contributed by atoms with Crippen molar-refractivity contribution >= 4 is 34.6 Å². The number of carbonyl (C=O) groups excluding carboxylic acids is 1. The Kier molecular flexibility index (Phi) is 7.49. The highest BCUT2D eigenvalue weighted by Gasteiger charge is 2.30. The second-order valence-corrected chi connectivity index (χ2v) is 10.6. The molecule has 2 aromatic rings. The smallest absolute Gasteiger partial charge is 0.307 e. The molecule has 0 saturated heterocycles. The Bertz CT molecular complexity index is 1080. The van der Waals surface area contributed by atoms with E-state index in [1.807, 2.05) is 47.6 Å². The van der Waals surface area contributed by atoms with Gasteiger partial charge in [0.15, 0.2) is 5.78 Å². The number of ketones is 1. The van der Waals surface area contributed by atoms with Crippen LogP contribution in [0.15, 0.2) is 30.3 Å². The second-order valence-electron chi connectivity index (χ2n) is 10.6. The summed E-state index contributed by atoms with van der Waals surface area (Å²) in [4.78, 5) is 26.0. The van der Waals surface area contributed by atoms with Gasteiger partial charge in [-0.25, -0.2) is 0 Å². The SMILES string of the molecule is Br.CC(C)(C)c1cc(C(=O)CN2Cc3ccc(CC(=O)O)cc3C2=N)cc(C(C)(C)C)c1O. The quantitative estimate of drug-likeness (QED) is 0.473. The lowest BCUT2D eigenvalue weighted by Crippen LogP contribution is -2.30. The van der Waals surface area contributed by atoms with Gasteiger partial charge in [0.2, 0.25) is 0 Å². The first kappa shape index (κ1) is 26.6. The molecule has 0 aliphatic carbocycles. The minimum Gasteiger partial charge on any atom is -0.507 e. The first-order chi connectivity index (χ1) is 14.7. The summed E-state index contributed by atoms with van der Waals surface area (Å²) in [6, 6.07) is 8.86. The Balaban J connectivity index is 0.00000385. The van der Waals surface area contributed by atoms with Crippen LogP contribution in [0.2, 0.25) is 0 Å². The number of nitrogens with one attached hydrogen (secondary N) is 1. The van der Waals surface area contributed by atoms with E-state index in [1.54, 1.807) is 29.2 Å². The number of hydrogen-bond donors (Lipinski definition) is 3. The molecule has 3 rings (SSSR count). The number of fused-ring (bicyclic) bond motifs is 1. The number of amidine groups is 1. The van der Waals surface area contributed by atoms with Gasteiger partial charge in [-0.05, 0) is 40.2 Å². The number of halogens is 1. The fraction of sp³-hybridized carbons (Fsp3) is 0.423. The molecule has 0 radical (unpaired) electrons. The lowest BCUT2D eigenvalue weighted by Gasteiger charge is -2.28. The van der Waals surface area contributed by atoms with E-state index in [0.29, 0.717) is 23.2 Å². The fourth-order valence-electron chi connectivity index (χ4n) is 4.06. The van der Waals surface area contributed by atoms with Crippen LogP contribution in [0.4, 0.5) is 0 Å². The summed E-state index contributed by atoms with van der Waals surface area (Å²) < 4.78 is 0. The largest absolute Gasteiger partial charge is 0.507 e. The number of rotatable bonds is 5. The lowest BCUT2D eigenvalue weighted by atomic mass is 9.78. The van der Waals surface area contributed by atoms with Crippen molar-refractivity contribution in [2.75, 3.05) is 6.54 Å². The summed E-state index contributed by atoms with van der Waals surface area (Å²) in [5, 5.41) is 28.5. The van der Waals surface area contributed by atoms with Gasteiger partial charge in [0.05, 0.1) is 13.0 Å². The molecule has 178 valence electrons. The maximum atomic E-state index is 13.3. The average Bonchev–Trinajstić information content (AvgIpc) is 2.95. The van der Waals surface area contributed by atoms with Crippen LogP contribution in [0.3, 0.4) is 0 Å². The molecule has 0 fully saturated rings. The van der Waals surface area contributed by atoms with Gasteiger partial charge < -0.3 is 15.1 Å². The first-order valence-corrected chi connectivity index (χ1v) is 10.8. The third kappa shape index (κ3) is 5.64. The van der Waals surface area contributed by atoms with Crippen LogP contribution in [0.5, 0.6) is 5.75 Å². The molecule has 1 aliphatic rings. The van der Waals surface area contributed by atoms with E-state index in [4.69, 9.17) is 10.5 Å². The van der Waals surface area contributed by atoms with Crippen LogP contribution in [0, 0.1) is 5.41 Å². The number of aromatic hydroxyl groups is 1. The number of nitrogens with zero attached hydrogens (tertiary/aromatic N) is 1. The predicted octanol–water partition coefficient (Wildman–Crippen LogP) is 5.22. The van der Waals surface area contributed by atoms with Gasteiger partial charge in [0, 0.05) is 28.8 Å². The van der Waals surface area contributed by atoms with Crippen molar-refractivity contribution in [3.8, 4) is 5.75 Å². The number of carbonyl (C=O) groups is 2. The van der Waals surface area contributed by atoms with E-state index in [-0.39, 0.29) is 58.1 Å². The zero-order valence-electron chi connectivity index (χ0n) is 20.1. The summed E-state index contributed by atoms with van der Waals surface area (Å²) in [5.41, 5.74) is 3.53. The molecule has 0 spiro atoms. The van der Waals surface area contributed by atoms with Crippen molar-refractivity contribution in [2.45, 2.75) is 65.3 Å². The fourth-order valence-corrected chi connectivity index (χ4v) is 4.06. The van der Waals surface area contributed by atoms with Gasteiger partial charge in [0.25, 0.3) is 0 Å². The average molecular weight is 517 g/mol. The Labute approximate surface area is 205 Å². The number of hydrogen-bond acceptors (Lipinski definition) is 4. The molecule has 33 heavy (non-hydrogen) atoms. The van der Waals surface area contributed by atoms with Crippen molar-refractivity contribution in [3.05, 3.63) is 63.7 Å². The number of Topliss-reactive ketones (excluding diaryl/α,β-unsaturated/α-hetero) is 1. The Morgan fingerprint density at radius 2 is 1.55 bits per heavy atom. The molecule has 0 unspecified atom stereocenters. The maximum absolute atomic E-state index is 13.3. The summed E-state index contributed by atoms with van der Waals surface area (Å²) in [5.74, 6) is -0.581. The number of phenolic OH excluding ortho intramolecular Hbond substituents is 1. The summed E-state index contributed by atoms with van der Waals surface area (Å²) in [6.07, 6.45) is -0.0990. The van der Waals surface area contributed by atoms with Crippen molar-refractivity contribution in [2.24, 2.45) is 0 Å². The zero-order valence-corrected chi connectivity index (χ0v) is 21.8. The molecule has 0 bridgehead atoms. The van der Waals surface area contributed by atoms with E-state index in [9.17, 15) is 14.7 Å². The van der Waals surface area contributed by atoms with E-state index in [2.05, 4.69) is 0 Å². The van der Waals surface area contributed by atoms with Gasteiger partial charge in [-0.15, -0.1) is 17.0 Å². The molecule has 1 aliphatic heterocycles. The van der Waals surface area contributed by atoms with Crippen LogP contribution in [0.1, 0.15) is 79.7 Å². The van der Waals surface area contributed by atoms with Crippen LogP contribution >= 0.6 is 17.0 Å². The minimum absolute atomic E-state index is 0. The zero-order chi connectivity index (χ0) is 24.0. The summed E-state index contributed by atoms with van der Waals surface area (Å²) in [7, 11) is 0. The van der Waals surface area contributed by atoms with Crippen LogP contribution in [0.25, 0.3) is 0 Å². The second kappa shape index (κ2) is 9.29. The first-order valence-electron chi connectivity index (χ1n) is 10.8. The highest BCUT2D eigenvalue weighted by atomic mass is 79.9. The molecule has 0 amide bonds.